The molecular formula is C19H29O7PS. The average molecular weight is 432 g/mol. The number of rotatable bonds is 12. The molecule has 1 aromatic rings. The Morgan fingerprint density at radius 2 is 1.71 bits per heavy atom. The molecule has 9 heteroatoms. The zero-order chi connectivity index (χ0) is 21.3. The van der Waals surface area contributed by atoms with Crippen LogP contribution in [0, 0.1) is 18.8 Å². The number of ether oxygens (including phenoxy) is 2. The molecule has 0 fully saturated rings. The zero-order valence-electron chi connectivity index (χ0n) is 17.0. The van der Waals surface area contributed by atoms with Gasteiger partial charge < -0.3 is 9.47 Å². The van der Waals surface area contributed by atoms with Crippen LogP contribution in [0.15, 0.2) is 29.2 Å². The Balaban J connectivity index is 3.20. The number of carbonyl (C=O) groups is 1. The fourth-order valence-corrected chi connectivity index (χ4v) is 4.40. The molecule has 0 saturated carbocycles. The number of carbonyl (C=O) groups excluding carboxylic acids is 1. The SMILES string of the molecule is CCOC(=O)C(CC(C)C)C(P=O)C(OCC)OS(=O)(=O)c1ccc(C)cc1. The summed E-state index contributed by atoms with van der Waals surface area (Å²) in [4.78, 5) is 12.4. The van der Waals surface area contributed by atoms with Crippen molar-refractivity contribution in [1.29, 1.82) is 0 Å². The fraction of sp³-hybridized carbons (Fsp3) is 0.632. The Morgan fingerprint density at radius 1 is 1.11 bits per heavy atom. The molecule has 0 spiro atoms. The highest BCUT2D eigenvalue weighted by atomic mass is 32.2. The molecule has 0 amide bonds. The van der Waals surface area contributed by atoms with E-state index in [9.17, 15) is 17.8 Å². The second kappa shape index (κ2) is 11.6. The second-order valence-electron chi connectivity index (χ2n) is 6.77. The monoisotopic (exact) mass is 432 g/mol. The van der Waals surface area contributed by atoms with Crippen LogP contribution >= 0.6 is 8.46 Å². The van der Waals surface area contributed by atoms with E-state index in [4.69, 9.17) is 13.7 Å². The predicted octanol–water partition coefficient (Wildman–Crippen LogP) is 3.95. The molecule has 28 heavy (non-hydrogen) atoms. The average Bonchev–Trinajstić information content (AvgIpc) is 2.61. The van der Waals surface area contributed by atoms with Gasteiger partial charge in [-0.1, -0.05) is 31.5 Å². The van der Waals surface area contributed by atoms with Crippen molar-refractivity contribution < 1.29 is 31.4 Å². The van der Waals surface area contributed by atoms with Crippen LogP contribution in [0.2, 0.25) is 0 Å². The summed E-state index contributed by atoms with van der Waals surface area (Å²) >= 11 is 0. The number of hydrogen-bond acceptors (Lipinski definition) is 7. The first-order chi connectivity index (χ1) is 13.2. The lowest BCUT2D eigenvalue weighted by atomic mass is 9.93. The Bertz CT molecular complexity index is 731. The Labute approximate surface area is 169 Å². The highest BCUT2D eigenvalue weighted by molar-refractivity contribution is 7.86. The third kappa shape index (κ3) is 7.24. The maximum absolute atomic E-state index is 12.7. The normalized spacial score (nSPS) is 15.4. The molecule has 0 heterocycles. The van der Waals surface area contributed by atoms with Gasteiger partial charge in [0.2, 0.25) is 0 Å². The lowest BCUT2D eigenvalue weighted by molar-refractivity contribution is -0.153. The summed E-state index contributed by atoms with van der Waals surface area (Å²) < 4.78 is 53.1. The van der Waals surface area contributed by atoms with Gasteiger partial charge in [0.15, 0.2) is 14.8 Å². The molecule has 0 aliphatic carbocycles. The summed E-state index contributed by atoms with van der Waals surface area (Å²) in [5, 5.41) is 0. The molecule has 3 atom stereocenters. The maximum Gasteiger partial charge on any atom is 0.310 e. The molecule has 0 saturated heterocycles. The van der Waals surface area contributed by atoms with Gasteiger partial charge in [0.25, 0.3) is 10.1 Å². The van der Waals surface area contributed by atoms with Crippen LogP contribution in [0.25, 0.3) is 0 Å². The number of hydrogen-bond donors (Lipinski definition) is 0. The number of esters is 1. The van der Waals surface area contributed by atoms with Crippen LogP contribution < -0.4 is 0 Å². The topological polar surface area (TPSA) is 96.0 Å². The smallest absolute Gasteiger partial charge is 0.310 e. The van der Waals surface area contributed by atoms with E-state index in [0.717, 1.165) is 5.56 Å². The minimum absolute atomic E-state index is 0.0411. The van der Waals surface area contributed by atoms with Crippen molar-refractivity contribution in [3.05, 3.63) is 29.8 Å². The van der Waals surface area contributed by atoms with Crippen molar-refractivity contribution in [2.75, 3.05) is 13.2 Å². The van der Waals surface area contributed by atoms with Gasteiger partial charge in [-0.25, -0.2) is 4.18 Å². The van der Waals surface area contributed by atoms with Gasteiger partial charge in [0, 0.05) is 6.61 Å². The Kier molecular flexibility index (Phi) is 10.2. The van der Waals surface area contributed by atoms with Crippen molar-refractivity contribution in [2.24, 2.45) is 11.8 Å². The van der Waals surface area contributed by atoms with Crippen LogP contribution in [-0.4, -0.2) is 39.5 Å². The lowest BCUT2D eigenvalue weighted by Gasteiger charge is -2.28. The largest absolute Gasteiger partial charge is 0.466 e. The molecule has 0 radical (unpaired) electrons. The number of aryl methyl sites for hydroxylation is 1. The second-order valence-corrected chi connectivity index (χ2v) is 9.15. The van der Waals surface area contributed by atoms with Crippen molar-refractivity contribution in [3.8, 4) is 0 Å². The van der Waals surface area contributed by atoms with Crippen LogP contribution in [0.5, 0.6) is 0 Å². The first-order valence-electron chi connectivity index (χ1n) is 9.26. The zero-order valence-corrected chi connectivity index (χ0v) is 18.7. The minimum Gasteiger partial charge on any atom is -0.466 e. The van der Waals surface area contributed by atoms with Crippen molar-refractivity contribution in [1.82, 2.24) is 0 Å². The van der Waals surface area contributed by atoms with E-state index in [1.165, 1.54) is 12.1 Å². The first kappa shape index (κ1) is 24.7. The molecule has 0 aromatic heterocycles. The van der Waals surface area contributed by atoms with E-state index in [1.54, 1.807) is 26.0 Å². The van der Waals surface area contributed by atoms with Gasteiger partial charge in [0.05, 0.1) is 17.4 Å². The van der Waals surface area contributed by atoms with E-state index in [0.29, 0.717) is 6.42 Å². The summed E-state index contributed by atoms with van der Waals surface area (Å²) in [5.41, 5.74) is -0.128. The van der Waals surface area contributed by atoms with Crippen molar-refractivity contribution in [3.63, 3.8) is 0 Å². The van der Waals surface area contributed by atoms with Crippen LogP contribution in [0.1, 0.15) is 39.7 Å². The van der Waals surface area contributed by atoms with Crippen molar-refractivity contribution >= 4 is 24.5 Å². The van der Waals surface area contributed by atoms with Gasteiger partial charge in [-0.15, -0.1) is 0 Å². The van der Waals surface area contributed by atoms with Gasteiger partial charge >= 0.3 is 5.97 Å². The van der Waals surface area contributed by atoms with Gasteiger partial charge in [-0.3, -0.25) is 9.36 Å². The molecule has 1 aromatic carbocycles. The molecule has 1 rings (SSSR count). The van der Waals surface area contributed by atoms with Crippen molar-refractivity contribution in [2.45, 2.75) is 57.9 Å². The summed E-state index contributed by atoms with van der Waals surface area (Å²) in [5.74, 6) is -1.29. The fourth-order valence-electron chi connectivity index (χ4n) is 2.68. The molecular weight excluding hydrogens is 403 g/mol. The van der Waals surface area contributed by atoms with E-state index >= 15 is 0 Å². The predicted molar refractivity (Wildman–Crippen MR) is 106 cm³/mol. The molecule has 0 N–H and O–H groups in total. The third-order valence-electron chi connectivity index (χ3n) is 3.99. The van der Waals surface area contributed by atoms with Gasteiger partial charge in [-0.2, -0.15) is 8.42 Å². The third-order valence-corrected chi connectivity index (χ3v) is 6.13. The summed E-state index contributed by atoms with van der Waals surface area (Å²) in [6, 6.07) is 6.15. The van der Waals surface area contributed by atoms with Crippen LogP contribution in [0.3, 0.4) is 0 Å². The Morgan fingerprint density at radius 3 is 2.18 bits per heavy atom. The summed E-state index contributed by atoms with van der Waals surface area (Å²) in [6.45, 7) is 9.27. The lowest BCUT2D eigenvalue weighted by Crippen LogP contribution is -2.40. The molecule has 3 unspecified atom stereocenters. The van der Waals surface area contributed by atoms with Gasteiger partial charge in [0.1, 0.15) is 5.66 Å². The maximum atomic E-state index is 12.7. The highest BCUT2D eigenvalue weighted by Gasteiger charge is 2.40. The molecule has 158 valence electrons. The minimum atomic E-state index is -4.17. The van der Waals surface area contributed by atoms with E-state index in [2.05, 4.69) is 0 Å². The summed E-state index contributed by atoms with van der Waals surface area (Å²) in [7, 11) is -4.63. The summed E-state index contributed by atoms with van der Waals surface area (Å²) in [6.07, 6.45) is -1.03. The standard InChI is InChI=1S/C19H29O7PS/c1-6-24-18(20)16(12-13(3)4)17(27-21)19(25-7-2)26-28(22,23)15-10-8-14(5)9-11-15/h8-11,13,16-17,19H,6-7,12H2,1-5H3. The highest BCUT2D eigenvalue weighted by Crippen LogP contribution is 2.32. The van der Waals surface area contributed by atoms with Crippen LogP contribution in [0.4, 0.5) is 0 Å². The molecule has 7 nitrogen and oxygen atoms in total. The molecule has 0 aliphatic rings. The van der Waals surface area contributed by atoms with E-state index < -0.39 is 42.4 Å². The first-order valence-corrected chi connectivity index (χ1v) is 11.6. The molecule has 0 bridgehead atoms. The molecule has 0 aliphatic heterocycles. The Hall–Kier alpha value is -1.34. The van der Waals surface area contributed by atoms with E-state index in [1.807, 2.05) is 20.8 Å². The van der Waals surface area contributed by atoms with E-state index in [-0.39, 0.29) is 24.0 Å². The van der Waals surface area contributed by atoms with Crippen LogP contribution in [-0.2, 0) is 33.1 Å². The number of benzene rings is 1. The quantitative estimate of drug-likeness (QED) is 0.214. The van der Waals surface area contributed by atoms with Gasteiger partial charge in [-0.05, 0) is 45.2 Å².